The van der Waals surface area contributed by atoms with Crippen LogP contribution in [0.1, 0.15) is 5.69 Å². The van der Waals surface area contributed by atoms with Crippen molar-refractivity contribution in [2.24, 2.45) is 19.9 Å². The van der Waals surface area contributed by atoms with Gasteiger partial charge >= 0.3 is 5.69 Å². The Morgan fingerprint density at radius 1 is 1.21 bits per heavy atom. The van der Waals surface area contributed by atoms with Gasteiger partial charge in [-0.2, -0.15) is 0 Å². The lowest BCUT2D eigenvalue weighted by atomic mass is 10.3. The first kappa shape index (κ1) is 10.5. The van der Waals surface area contributed by atoms with Crippen LogP contribution in [-0.4, -0.2) is 16.2 Å². The Morgan fingerprint density at radius 2 is 1.71 bits per heavy atom. The molecule has 0 bridgehead atoms. The van der Waals surface area contributed by atoms with Crippen LogP contribution in [0, 0.1) is 6.92 Å². The number of hydrogen-bond donors (Lipinski definition) is 1. The van der Waals surface area contributed by atoms with Gasteiger partial charge in [0.15, 0.2) is 0 Å². The standard InChI is InChI=1S/C8H14N4O2/c1-5-6(12(4)9)7(13)11(3)8(14)10(5)2/h9H2,1-4H3. The van der Waals surface area contributed by atoms with Gasteiger partial charge in [0.25, 0.3) is 5.56 Å². The summed E-state index contributed by atoms with van der Waals surface area (Å²) < 4.78 is 2.42. The van der Waals surface area contributed by atoms with Gasteiger partial charge in [-0.05, 0) is 6.92 Å². The Balaban J connectivity index is 3.79. The van der Waals surface area contributed by atoms with Crippen molar-refractivity contribution >= 4 is 5.69 Å². The topological polar surface area (TPSA) is 73.3 Å². The molecule has 0 unspecified atom stereocenters. The van der Waals surface area contributed by atoms with Gasteiger partial charge < -0.3 is 5.01 Å². The Labute approximate surface area is 81.1 Å². The molecule has 0 aromatic carbocycles. The van der Waals surface area contributed by atoms with E-state index in [0.717, 1.165) is 4.57 Å². The summed E-state index contributed by atoms with van der Waals surface area (Å²) in [6, 6.07) is 0. The van der Waals surface area contributed by atoms with Gasteiger partial charge in [-0.15, -0.1) is 0 Å². The molecule has 0 aliphatic heterocycles. The predicted molar refractivity (Wildman–Crippen MR) is 54.3 cm³/mol. The van der Waals surface area contributed by atoms with Crippen molar-refractivity contribution in [1.29, 1.82) is 0 Å². The average Bonchev–Trinajstić information content (AvgIpc) is 2.11. The number of hydrogen-bond acceptors (Lipinski definition) is 4. The van der Waals surface area contributed by atoms with Crippen molar-refractivity contribution in [3.63, 3.8) is 0 Å². The summed E-state index contributed by atoms with van der Waals surface area (Å²) in [6.45, 7) is 1.68. The second kappa shape index (κ2) is 3.30. The Morgan fingerprint density at radius 3 is 2.14 bits per heavy atom. The molecule has 1 heterocycles. The Hall–Kier alpha value is -1.56. The van der Waals surface area contributed by atoms with Crippen LogP contribution in [-0.2, 0) is 14.1 Å². The number of rotatable bonds is 1. The quantitative estimate of drug-likeness (QED) is 0.450. The highest BCUT2D eigenvalue weighted by Gasteiger charge is 2.13. The molecule has 2 N–H and O–H groups in total. The SMILES string of the molecule is Cc1c(N(C)N)c(=O)n(C)c(=O)n1C. The minimum absolute atomic E-state index is 0.328. The second-order valence-electron chi connectivity index (χ2n) is 3.25. The minimum Gasteiger partial charge on any atom is -0.308 e. The van der Waals surface area contributed by atoms with Crippen molar-refractivity contribution < 1.29 is 0 Å². The van der Waals surface area contributed by atoms with Gasteiger partial charge in [0, 0.05) is 26.8 Å². The number of hydrazine groups is 1. The molecule has 0 saturated heterocycles. The lowest BCUT2D eigenvalue weighted by Crippen LogP contribution is -2.43. The molecule has 0 aliphatic rings. The zero-order chi connectivity index (χ0) is 11.0. The number of aromatic nitrogens is 2. The van der Waals surface area contributed by atoms with Crippen molar-refractivity contribution in [2.75, 3.05) is 12.1 Å². The third-order valence-electron chi connectivity index (χ3n) is 2.28. The van der Waals surface area contributed by atoms with E-state index in [-0.39, 0.29) is 11.2 Å². The first-order valence-electron chi connectivity index (χ1n) is 4.13. The molecule has 1 rings (SSSR count). The molecule has 0 aliphatic carbocycles. The maximum Gasteiger partial charge on any atom is 0.330 e. The van der Waals surface area contributed by atoms with Crippen LogP contribution in [0.3, 0.4) is 0 Å². The first-order chi connectivity index (χ1) is 6.37. The van der Waals surface area contributed by atoms with E-state index in [2.05, 4.69) is 0 Å². The fraction of sp³-hybridized carbons (Fsp3) is 0.500. The van der Waals surface area contributed by atoms with Gasteiger partial charge in [0.2, 0.25) is 0 Å². The van der Waals surface area contributed by atoms with Gasteiger partial charge in [0.05, 0.1) is 0 Å². The Kier molecular flexibility index (Phi) is 2.48. The van der Waals surface area contributed by atoms with E-state index >= 15 is 0 Å². The molecule has 0 fully saturated rings. The summed E-state index contributed by atoms with van der Waals surface area (Å²) in [5.74, 6) is 5.51. The molecule has 0 spiro atoms. The van der Waals surface area contributed by atoms with Crippen LogP contribution >= 0.6 is 0 Å². The van der Waals surface area contributed by atoms with E-state index in [1.54, 1.807) is 21.0 Å². The third kappa shape index (κ3) is 1.33. The summed E-state index contributed by atoms with van der Waals surface area (Å²) in [6.07, 6.45) is 0. The van der Waals surface area contributed by atoms with Crippen molar-refractivity contribution in [1.82, 2.24) is 9.13 Å². The zero-order valence-corrected chi connectivity index (χ0v) is 8.74. The summed E-state index contributed by atoms with van der Waals surface area (Å²) >= 11 is 0. The van der Waals surface area contributed by atoms with E-state index in [4.69, 9.17) is 5.84 Å². The van der Waals surface area contributed by atoms with E-state index < -0.39 is 0 Å². The lowest BCUT2D eigenvalue weighted by Gasteiger charge is -2.17. The number of nitrogens with zero attached hydrogens (tertiary/aromatic N) is 3. The normalized spacial score (nSPS) is 10.4. The number of nitrogens with two attached hydrogens (primary N) is 1. The summed E-state index contributed by atoms with van der Waals surface area (Å²) in [5, 5.41) is 1.22. The van der Waals surface area contributed by atoms with Crippen LogP contribution in [0.5, 0.6) is 0 Å². The highest BCUT2D eigenvalue weighted by Crippen LogP contribution is 2.06. The molecule has 1 aromatic heterocycles. The molecule has 0 radical (unpaired) electrons. The lowest BCUT2D eigenvalue weighted by molar-refractivity contribution is 0.662. The average molecular weight is 198 g/mol. The van der Waals surface area contributed by atoms with E-state index in [1.807, 2.05) is 0 Å². The molecule has 0 saturated carbocycles. The van der Waals surface area contributed by atoms with Gasteiger partial charge in [0.1, 0.15) is 5.69 Å². The number of anilines is 1. The van der Waals surface area contributed by atoms with Crippen LogP contribution in [0.15, 0.2) is 9.59 Å². The highest BCUT2D eigenvalue weighted by molar-refractivity contribution is 5.46. The van der Waals surface area contributed by atoms with Crippen LogP contribution in [0.25, 0.3) is 0 Å². The first-order valence-corrected chi connectivity index (χ1v) is 4.13. The molecule has 6 nitrogen and oxygen atoms in total. The fourth-order valence-electron chi connectivity index (χ4n) is 1.33. The van der Waals surface area contributed by atoms with Crippen LogP contribution in [0.2, 0.25) is 0 Å². The summed E-state index contributed by atoms with van der Waals surface area (Å²) in [4.78, 5) is 23.1. The highest BCUT2D eigenvalue weighted by atomic mass is 16.2. The molecule has 0 amide bonds. The molecule has 14 heavy (non-hydrogen) atoms. The maximum atomic E-state index is 11.6. The molecule has 78 valence electrons. The molecule has 1 aromatic rings. The summed E-state index contributed by atoms with van der Waals surface area (Å²) in [7, 11) is 4.59. The smallest absolute Gasteiger partial charge is 0.308 e. The third-order valence-corrected chi connectivity index (χ3v) is 2.28. The van der Waals surface area contributed by atoms with Crippen molar-refractivity contribution in [2.45, 2.75) is 6.92 Å². The van der Waals surface area contributed by atoms with Crippen molar-refractivity contribution in [3.8, 4) is 0 Å². The second-order valence-corrected chi connectivity index (χ2v) is 3.25. The van der Waals surface area contributed by atoms with Crippen LogP contribution < -0.4 is 22.1 Å². The molecular formula is C8H14N4O2. The largest absolute Gasteiger partial charge is 0.330 e. The van der Waals surface area contributed by atoms with E-state index in [0.29, 0.717) is 11.4 Å². The maximum absolute atomic E-state index is 11.6. The zero-order valence-electron chi connectivity index (χ0n) is 8.74. The molecule has 6 heteroatoms. The van der Waals surface area contributed by atoms with E-state index in [1.165, 1.54) is 16.6 Å². The molecular weight excluding hydrogens is 184 g/mol. The van der Waals surface area contributed by atoms with Gasteiger partial charge in [-0.3, -0.25) is 13.9 Å². The molecule has 0 atom stereocenters. The van der Waals surface area contributed by atoms with Crippen molar-refractivity contribution in [3.05, 3.63) is 26.5 Å². The van der Waals surface area contributed by atoms with Gasteiger partial charge in [-0.25, -0.2) is 10.6 Å². The van der Waals surface area contributed by atoms with Crippen LogP contribution in [0.4, 0.5) is 5.69 Å². The fourth-order valence-corrected chi connectivity index (χ4v) is 1.33. The minimum atomic E-state index is -0.379. The monoisotopic (exact) mass is 198 g/mol. The van der Waals surface area contributed by atoms with Gasteiger partial charge in [-0.1, -0.05) is 0 Å². The Bertz CT molecular complexity index is 469. The predicted octanol–water partition coefficient (Wildman–Crippen LogP) is -1.30. The van der Waals surface area contributed by atoms with E-state index in [9.17, 15) is 9.59 Å². The summed E-state index contributed by atoms with van der Waals surface area (Å²) in [5.41, 5.74) is 0.159.